The van der Waals surface area contributed by atoms with Crippen molar-refractivity contribution in [2.45, 2.75) is 32.0 Å². The SMILES string of the molecule is Cc1cccc(-c2nnc(SCC(=O)NC(=O)NC(C)C)n2-c2ccccc2)c1. The first-order valence-corrected chi connectivity index (χ1v) is 10.2. The van der Waals surface area contributed by atoms with Crippen molar-refractivity contribution in [2.24, 2.45) is 0 Å². The molecule has 1 heterocycles. The Morgan fingerprint density at radius 1 is 1.07 bits per heavy atom. The van der Waals surface area contributed by atoms with Gasteiger partial charge in [0.2, 0.25) is 5.91 Å². The van der Waals surface area contributed by atoms with Crippen LogP contribution in [0.1, 0.15) is 19.4 Å². The van der Waals surface area contributed by atoms with Gasteiger partial charge in [-0.1, -0.05) is 53.7 Å². The molecule has 0 bridgehead atoms. The van der Waals surface area contributed by atoms with Gasteiger partial charge in [-0.2, -0.15) is 0 Å². The maximum atomic E-state index is 12.1. The fraction of sp³-hybridized carbons (Fsp3) is 0.238. The Balaban J connectivity index is 1.84. The Bertz CT molecular complexity index is 1000. The summed E-state index contributed by atoms with van der Waals surface area (Å²) in [7, 11) is 0. The van der Waals surface area contributed by atoms with Crippen LogP contribution in [0.25, 0.3) is 17.1 Å². The number of thioether (sulfide) groups is 1. The van der Waals surface area contributed by atoms with Crippen LogP contribution in [0.5, 0.6) is 0 Å². The Labute approximate surface area is 173 Å². The summed E-state index contributed by atoms with van der Waals surface area (Å²) in [6.45, 7) is 5.68. The average Bonchev–Trinajstić information content (AvgIpc) is 3.10. The number of carbonyl (C=O) groups is 2. The molecule has 7 nitrogen and oxygen atoms in total. The van der Waals surface area contributed by atoms with E-state index < -0.39 is 11.9 Å². The number of urea groups is 1. The molecule has 2 aromatic carbocycles. The smallest absolute Gasteiger partial charge is 0.321 e. The number of hydrogen-bond donors (Lipinski definition) is 2. The monoisotopic (exact) mass is 409 g/mol. The summed E-state index contributed by atoms with van der Waals surface area (Å²) in [5.41, 5.74) is 2.96. The standard InChI is InChI=1S/C21H23N5O2S/c1-14(2)22-20(28)23-18(27)13-29-21-25-24-19(16-9-7-8-15(3)12-16)26(21)17-10-5-4-6-11-17/h4-12,14H,13H2,1-3H3,(H2,22,23,27,28). The van der Waals surface area contributed by atoms with E-state index >= 15 is 0 Å². The molecule has 0 aliphatic rings. The number of benzene rings is 2. The topological polar surface area (TPSA) is 88.9 Å². The highest BCUT2D eigenvalue weighted by atomic mass is 32.2. The lowest BCUT2D eigenvalue weighted by Crippen LogP contribution is -2.43. The van der Waals surface area contributed by atoms with Gasteiger partial charge >= 0.3 is 6.03 Å². The zero-order valence-corrected chi connectivity index (χ0v) is 17.4. The van der Waals surface area contributed by atoms with E-state index in [4.69, 9.17) is 0 Å². The Hall–Kier alpha value is -3.13. The third-order valence-electron chi connectivity index (χ3n) is 3.93. The van der Waals surface area contributed by atoms with E-state index in [1.165, 1.54) is 11.8 Å². The maximum absolute atomic E-state index is 12.1. The van der Waals surface area contributed by atoms with Gasteiger partial charge in [0, 0.05) is 17.3 Å². The minimum atomic E-state index is -0.504. The van der Waals surface area contributed by atoms with Gasteiger partial charge in [-0.25, -0.2) is 4.79 Å². The molecule has 150 valence electrons. The molecule has 3 aromatic rings. The van der Waals surface area contributed by atoms with E-state index in [1.54, 1.807) is 0 Å². The Morgan fingerprint density at radius 2 is 1.83 bits per heavy atom. The van der Waals surface area contributed by atoms with Crippen LogP contribution in [0, 0.1) is 6.92 Å². The van der Waals surface area contributed by atoms with Gasteiger partial charge in [0.1, 0.15) is 0 Å². The van der Waals surface area contributed by atoms with Crippen molar-refractivity contribution < 1.29 is 9.59 Å². The van der Waals surface area contributed by atoms with E-state index in [-0.39, 0.29) is 11.8 Å². The fourth-order valence-electron chi connectivity index (χ4n) is 2.74. The Kier molecular flexibility index (Phi) is 6.66. The highest BCUT2D eigenvalue weighted by molar-refractivity contribution is 7.99. The van der Waals surface area contributed by atoms with Crippen molar-refractivity contribution in [3.63, 3.8) is 0 Å². The van der Waals surface area contributed by atoms with Gasteiger partial charge in [-0.15, -0.1) is 10.2 Å². The number of para-hydroxylation sites is 1. The summed E-state index contributed by atoms with van der Waals surface area (Å²) >= 11 is 1.23. The zero-order valence-electron chi connectivity index (χ0n) is 16.5. The number of nitrogens with zero attached hydrogens (tertiary/aromatic N) is 3. The third kappa shape index (κ3) is 5.45. The quantitative estimate of drug-likeness (QED) is 0.608. The molecule has 8 heteroatoms. The largest absolute Gasteiger partial charge is 0.336 e. The number of carbonyl (C=O) groups excluding carboxylic acids is 2. The van der Waals surface area contributed by atoms with Crippen molar-refractivity contribution >= 4 is 23.7 Å². The van der Waals surface area contributed by atoms with Gasteiger partial charge in [0.15, 0.2) is 11.0 Å². The van der Waals surface area contributed by atoms with Gasteiger partial charge in [0.25, 0.3) is 0 Å². The molecule has 2 N–H and O–H groups in total. The van der Waals surface area contributed by atoms with Crippen molar-refractivity contribution in [1.82, 2.24) is 25.4 Å². The first kappa shape index (κ1) is 20.6. The molecule has 29 heavy (non-hydrogen) atoms. The van der Waals surface area contributed by atoms with Crippen LogP contribution in [0.15, 0.2) is 59.8 Å². The predicted octanol–water partition coefficient (Wildman–Crippen LogP) is 3.57. The minimum Gasteiger partial charge on any atom is -0.336 e. The van der Waals surface area contributed by atoms with Gasteiger partial charge < -0.3 is 5.32 Å². The summed E-state index contributed by atoms with van der Waals surface area (Å²) in [6.07, 6.45) is 0. The van der Waals surface area contributed by atoms with Gasteiger partial charge in [-0.05, 0) is 39.0 Å². The van der Waals surface area contributed by atoms with E-state index in [2.05, 4.69) is 20.8 Å². The number of imide groups is 1. The molecule has 3 rings (SSSR count). The second-order valence-corrected chi connectivity index (χ2v) is 7.75. The summed E-state index contributed by atoms with van der Waals surface area (Å²) in [5, 5.41) is 14.2. The number of amides is 3. The molecule has 0 radical (unpaired) electrons. The van der Waals surface area contributed by atoms with Crippen LogP contribution in [-0.4, -0.2) is 38.5 Å². The van der Waals surface area contributed by atoms with Crippen LogP contribution < -0.4 is 10.6 Å². The molecule has 0 fully saturated rings. The van der Waals surface area contributed by atoms with Crippen molar-refractivity contribution in [3.8, 4) is 17.1 Å². The third-order valence-corrected chi connectivity index (χ3v) is 4.86. The summed E-state index contributed by atoms with van der Waals surface area (Å²) in [5.74, 6) is 0.345. The molecule has 0 unspecified atom stereocenters. The molecule has 0 aliphatic heterocycles. The first-order valence-electron chi connectivity index (χ1n) is 9.25. The second kappa shape index (κ2) is 9.38. The zero-order chi connectivity index (χ0) is 20.8. The van der Waals surface area contributed by atoms with E-state index in [0.29, 0.717) is 11.0 Å². The highest BCUT2D eigenvalue weighted by Crippen LogP contribution is 2.28. The summed E-state index contributed by atoms with van der Waals surface area (Å²) in [6, 6.07) is 17.2. The maximum Gasteiger partial charge on any atom is 0.321 e. The van der Waals surface area contributed by atoms with Crippen LogP contribution in [0.4, 0.5) is 4.79 Å². The lowest BCUT2D eigenvalue weighted by atomic mass is 10.1. The first-order chi connectivity index (χ1) is 13.9. The van der Waals surface area contributed by atoms with Crippen molar-refractivity contribution in [2.75, 3.05) is 5.75 Å². The number of aromatic nitrogens is 3. The number of aryl methyl sites for hydroxylation is 1. The normalized spacial score (nSPS) is 10.8. The number of nitrogens with one attached hydrogen (secondary N) is 2. The summed E-state index contributed by atoms with van der Waals surface area (Å²) < 4.78 is 1.92. The molecule has 0 aliphatic carbocycles. The molecule has 0 spiro atoms. The van der Waals surface area contributed by atoms with Crippen molar-refractivity contribution in [1.29, 1.82) is 0 Å². The molecule has 0 saturated heterocycles. The molecular formula is C21H23N5O2S. The van der Waals surface area contributed by atoms with E-state index in [1.807, 2.05) is 79.9 Å². The van der Waals surface area contributed by atoms with E-state index in [9.17, 15) is 9.59 Å². The minimum absolute atomic E-state index is 0.0459. The van der Waals surface area contributed by atoms with Crippen LogP contribution >= 0.6 is 11.8 Å². The molecule has 3 amide bonds. The predicted molar refractivity (Wildman–Crippen MR) is 114 cm³/mol. The average molecular weight is 410 g/mol. The van der Waals surface area contributed by atoms with Crippen LogP contribution in [0.3, 0.4) is 0 Å². The van der Waals surface area contributed by atoms with Gasteiger partial charge in [-0.3, -0.25) is 14.7 Å². The van der Waals surface area contributed by atoms with Crippen LogP contribution in [0.2, 0.25) is 0 Å². The second-order valence-electron chi connectivity index (χ2n) is 6.81. The molecular weight excluding hydrogens is 386 g/mol. The number of rotatable bonds is 6. The van der Waals surface area contributed by atoms with E-state index in [0.717, 1.165) is 16.8 Å². The molecule has 0 saturated carbocycles. The highest BCUT2D eigenvalue weighted by Gasteiger charge is 2.18. The van der Waals surface area contributed by atoms with Crippen LogP contribution in [-0.2, 0) is 4.79 Å². The lowest BCUT2D eigenvalue weighted by Gasteiger charge is -2.11. The lowest BCUT2D eigenvalue weighted by molar-refractivity contribution is -0.117. The molecule has 1 aromatic heterocycles. The molecule has 0 atom stereocenters. The van der Waals surface area contributed by atoms with Gasteiger partial charge in [0.05, 0.1) is 5.75 Å². The fourth-order valence-corrected chi connectivity index (χ4v) is 3.49. The number of hydrogen-bond acceptors (Lipinski definition) is 5. The van der Waals surface area contributed by atoms with Crippen molar-refractivity contribution in [3.05, 3.63) is 60.2 Å². The summed E-state index contributed by atoms with van der Waals surface area (Å²) in [4.78, 5) is 23.8. The Morgan fingerprint density at radius 3 is 2.52 bits per heavy atom.